The van der Waals surface area contributed by atoms with Gasteiger partial charge in [-0.1, -0.05) is 18.2 Å². The summed E-state index contributed by atoms with van der Waals surface area (Å²) < 4.78 is 16.1. The lowest BCUT2D eigenvalue weighted by molar-refractivity contribution is -0.132. The van der Waals surface area contributed by atoms with Gasteiger partial charge in [0.15, 0.2) is 17.3 Å². The zero-order valence-electron chi connectivity index (χ0n) is 16.6. The van der Waals surface area contributed by atoms with Crippen LogP contribution in [0.2, 0.25) is 0 Å². The van der Waals surface area contributed by atoms with Crippen molar-refractivity contribution in [3.8, 4) is 17.2 Å². The summed E-state index contributed by atoms with van der Waals surface area (Å²) in [5, 5.41) is 0. The van der Waals surface area contributed by atoms with Crippen LogP contribution in [0.5, 0.6) is 17.2 Å². The normalized spacial score (nSPS) is 17.8. The molecule has 0 aliphatic carbocycles. The highest BCUT2D eigenvalue weighted by Crippen LogP contribution is 2.33. The van der Waals surface area contributed by atoms with Gasteiger partial charge in [0, 0.05) is 25.4 Å². The summed E-state index contributed by atoms with van der Waals surface area (Å²) in [6.07, 6.45) is 2.68. The van der Waals surface area contributed by atoms with Crippen LogP contribution in [0.4, 0.5) is 0 Å². The van der Waals surface area contributed by atoms with Crippen molar-refractivity contribution in [3.63, 3.8) is 0 Å². The Bertz CT molecular complexity index is 910. The maximum Gasteiger partial charge on any atom is 0.231 e. The Balaban J connectivity index is 1.36. The van der Waals surface area contributed by atoms with E-state index in [4.69, 9.17) is 14.2 Å². The molecule has 0 saturated carbocycles. The van der Waals surface area contributed by atoms with E-state index in [1.807, 2.05) is 35.2 Å². The van der Waals surface area contributed by atoms with Gasteiger partial charge in [-0.25, -0.2) is 0 Å². The molecule has 2 aliphatic rings. The lowest BCUT2D eigenvalue weighted by Crippen LogP contribution is -2.42. The Morgan fingerprint density at radius 3 is 2.83 bits per heavy atom. The number of benzene rings is 2. The van der Waals surface area contributed by atoms with E-state index in [0.29, 0.717) is 37.2 Å². The van der Waals surface area contributed by atoms with Gasteiger partial charge in [-0.15, -0.1) is 0 Å². The monoisotopic (exact) mass is 395 g/mol. The molecule has 2 heterocycles. The van der Waals surface area contributed by atoms with Gasteiger partial charge in [0.1, 0.15) is 5.75 Å². The first kappa shape index (κ1) is 19.3. The van der Waals surface area contributed by atoms with Crippen LogP contribution in [-0.4, -0.2) is 43.6 Å². The number of para-hydroxylation sites is 1. The average Bonchev–Trinajstić information content (AvgIpc) is 3.25. The van der Waals surface area contributed by atoms with Crippen molar-refractivity contribution in [1.29, 1.82) is 0 Å². The van der Waals surface area contributed by atoms with Crippen LogP contribution in [0.3, 0.4) is 0 Å². The molecule has 29 heavy (non-hydrogen) atoms. The molecule has 1 fully saturated rings. The Morgan fingerprint density at radius 2 is 1.97 bits per heavy atom. The van der Waals surface area contributed by atoms with Crippen molar-refractivity contribution in [2.24, 2.45) is 5.92 Å². The topological polar surface area (TPSA) is 65.1 Å². The molecule has 0 bridgehead atoms. The predicted octanol–water partition coefficient (Wildman–Crippen LogP) is 3.48. The van der Waals surface area contributed by atoms with Crippen LogP contribution in [0.25, 0.3) is 0 Å². The molecule has 0 aromatic heterocycles. The first-order valence-electron chi connectivity index (χ1n) is 9.99. The zero-order chi connectivity index (χ0) is 20.2. The number of rotatable bonds is 6. The number of Topliss-reactive ketones (excluding diaryl/α,β-unsaturated/α-hetero) is 1. The van der Waals surface area contributed by atoms with E-state index >= 15 is 0 Å². The SMILES string of the molecule is COc1ccccc1C(=O)[C@H]1CCCN(C(=O)CCc2ccc3c(c2)OCO3)C1. The smallest absolute Gasteiger partial charge is 0.231 e. The lowest BCUT2D eigenvalue weighted by atomic mass is 9.89. The summed E-state index contributed by atoms with van der Waals surface area (Å²) in [4.78, 5) is 27.6. The number of carbonyl (C=O) groups is 2. The summed E-state index contributed by atoms with van der Waals surface area (Å²) in [6, 6.07) is 13.1. The highest BCUT2D eigenvalue weighted by molar-refractivity contribution is 6.00. The van der Waals surface area contributed by atoms with Crippen molar-refractivity contribution >= 4 is 11.7 Å². The minimum atomic E-state index is -0.186. The van der Waals surface area contributed by atoms with Crippen LogP contribution >= 0.6 is 0 Å². The van der Waals surface area contributed by atoms with Gasteiger partial charge >= 0.3 is 0 Å². The number of ether oxygens (including phenoxy) is 3. The number of likely N-dealkylation sites (tertiary alicyclic amines) is 1. The number of aryl methyl sites for hydroxylation is 1. The fourth-order valence-corrected chi connectivity index (χ4v) is 3.99. The fraction of sp³-hybridized carbons (Fsp3) is 0.391. The van der Waals surface area contributed by atoms with E-state index in [1.54, 1.807) is 19.2 Å². The van der Waals surface area contributed by atoms with Crippen LogP contribution in [-0.2, 0) is 11.2 Å². The van der Waals surface area contributed by atoms with Crippen molar-refractivity contribution in [1.82, 2.24) is 4.90 Å². The first-order valence-corrected chi connectivity index (χ1v) is 9.99. The molecule has 0 unspecified atom stereocenters. The Morgan fingerprint density at radius 1 is 1.14 bits per heavy atom. The fourth-order valence-electron chi connectivity index (χ4n) is 3.99. The number of hydrogen-bond donors (Lipinski definition) is 0. The molecule has 152 valence electrons. The van der Waals surface area contributed by atoms with Gasteiger partial charge in [-0.05, 0) is 49.1 Å². The minimum Gasteiger partial charge on any atom is -0.496 e. The van der Waals surface area contributed by atoms with Gasteiger partial charge in [-0.3, -0.25) is 9.59 Å². The second-order valence-electron chi connectivity index (χ2n) is 7.43. The summed E-state index contributed by atoms with van der Waals surface area (Å²) in [5.41, 5.74) is 1.64. The lowest BCUT2D eigenvalue weighted by Gasteiger charge is -2.32. The van der Waals surface area contributed by atoms with Crippen molar-refractivity contribution in [2.45, 2.75) is 25.7 Å². The van der Waals surface area contributed by atoms with Gasteiger partial charge in [0.25, 0.3) is 0 Å². The molecule has 0 spiro atoms. The molecule has 0 N–H and O–H groups in total. The van der Waals surface area contributed by atoms with E-state index < -0.39 is 0 Å². The van der Waals surface area contributed by atoms with Crippen molar-refractivity contribution in [2.75, 3.05) is 27.0 Å². The van der Waals surface area contributed by atoms with E-state index in [-0.39, 0.29) is 24.4 Å². The summed E-state index contributed by atoms with van der Waals surface area (Å²) in [5.74, 6) is 2.01. The second kappa shape index (κ2) is 8.55. The maximum atomic E-state index is 13.0. The first-order chi connectivity index (χ1) is 14.2. The molecule has 2 aromatic rings. The minimum absolute atomic E-state index is 0.0516. The van der Waals surface area contributed by atoms with Crippen LogP contribution in [0.1, 0.15) is 35.2 Å². The Kier molecular flexibility index (Phi) is 5.69. The van der Waals surface area contributed by atoms with E-state index in [0.717, 1.165) is 29.9 Å². The molecule has 2 aliphatic heterocycles. The highest BCUT2D eigenvalue weighted by Gasteiger charge is 2.30. The standard InChI is InChI=1S/C23H25NO5/c1-27-19-7-3-2-6-18(19)23(26)17-5-4-12-24(14-17)22(25)11-9-16-8-10-20-21(13-16)29-15-28-20/h2-3,6-8,10,13,17H,4-5,9,11-12,14-15H2,1H3/t17-/m0/s1. The number of hydrogen-bond acceptors (Lipinski definition) is 5. The van der Waals surface area contributed by atoms with Crippen molar-refractivity contribution in [3.05, 3.63) is 53.6 Å². The second-order valence-corrected chi connectivity index (χ2v) is 7.43. The number of carbonyl (C=O) groups excluding carboxylic acids is 2. The van der Waals surface area contributed by atoms with Gasteiger partial charge in [-0.2, -0.15) is 0 Å². The van der Waals surface area contributed by atoms with Crippen molar-refractivity contribution < 1.29 is 23.8 Å². The number of fused-ring (bicyclic) bond motifs is 1. The number of amides is 1. The van der Waals surface area contributed by atoms with Crippen LogP contribution < -0.4 is 14.2 Å². The zero-order valence-corrected chi connectivity index (χ0v) is 16.6. The molecule has 4 rings (SSSR count). The molecule has 1 atom stereocenters. The third-order valence-electron chi connectivity index (χ3n) is 5.58. The molecule has 1 amide bonds. The van der Waals surface area contributed by atoms with Gasteiger partial charge in [0.2, 0.25) is 12.7 Å². The summed E-state index contributed by atoms with van der Waals surface area (Å²) >= 11 is 0. The Labute approximate surface area is 170 Å². The predicted molar refractivity (Wildman–Crippen MR) is 108 cm³/mol. The molecule has 0 radical (unpaired) electrons. The van der Waals surface area contributed by atoms with E-state index in [2.05, 4.69) is 0 Å². The maximum absolute atomic E-state index is 13.0. The molecule has 6 nitrogen and oxygen atoms in total. The quantitative estimate of drug-likeness (QED) is 0.701. The summed E-state index contributed by atoms with van der Waals surface area (Å²) in [6.45, 7) is 1.42. The van der Waals surface area contributed by atoms with E-state index in [1.165, 1.54) is 0 Å². The molecule has 2 aromatic carbocycles. The van der Waals surface area contributed by atoms with Gasteiger partial charge in [0.05, 0.1) is 12.7 Å². The van der Waals surface area contributed by atoms with Crippen LogP contribution in [0.15, 0.2) is 42.5 Å². The van der Waals surface area contributed by atoms with Gasteiger partial charge < -0.3 is 19.1 Å². The van der Waals surface area contributed by atoms with E-state index in [9.17, 15) is 9.59 Å². The van der Waals surface area contributed by atoms with Crippen LogP contribution in [0, 0.1) is 5.92 Å². The number of methoxy groups -OCH3 is 1. The third-order valence-corrected chi connectivity index (χ3v) is 5.58. The molecular formula is C23H25NO5. The number of piperidine rings is 1. The number of nitrogens with zero attached hydrogens (tertiary/aromatic N) is 1. The molecule has 1 saturated heterocycles. The Hall–Kier alpha value is -3.02. The summed E-state index contributed by atoms with van der Waals surface area (Å²) in [7, 11) is 1.57. The third kappa shape index (κ3) is 4.21. The number of ketones is 1. The highest BCUT2D eigenvalue weighted by atomic mass is 16.7. The molecular weight excluding hydrogens is 370 g/mol. The molecule has 6 heteroatoms. The average molecular weight is 395 g/mol. The largest absolute Gasteiger partial charge is 0.496 e.